The van der Waals surface area contributed by atoms with Crippen molar-refractivity contribution in [2.45, 2.75) is 39.4 Å². The zero-order chi connectivity index (χ0) is 27.7. The average molecular weight is 531 g/mol. The highest BCUT2D eigenvalue weighted by atomic mass is 19.4. The minimum absolute atomic E-state index is 0.0677. The monoisotopic (exact) mass is 530 g/mol. The number of urea groups is 1. The van der Waals surface area contributed by atoms with Gasteiger partial charge >= 0.3 is 12.2 Å². The quantitative estimate of drug-likeness (QED) is 0.277. The van der Waals surface area contributed by atoms with E-state index in [2.05, 4.69) is 20.9 Å². The standard InChI is InChI=1S/C27H29F3N4O4/c1-4-5-12-37-24-9-7-19(27(28,29)30)14-21(24)34-26(36)33-16-18-6-8-23(17(2)13-18)38-20-10-11-32-22(15-20)25(35)31-3/h6-11,13-15H,4-5,12,16H2,1-3H3,(H,31,35)(H2,33,34,36). The molecule has 0 spiro atoms. The minimum Gasteiger partial charge on any atom is -0.491 e. The van der Waals surface area contributed by atoms with Gasteiger partial charge in [0.2, 0.25) is 0 Å². The molecule has 0 radical (unpaired) electrons. The molecule has 11 heteroatoms. The molecule has 1 heterocycles. The molecule has 2 aromatic carbocycles. The van der Waals surface area contributed by atoms with E-state index in [0.29, 0.717) is 18.1 Å². The van der Waals surface area contributed by atoms with Gasteiger partial charge in [-0.2, -0.15) is 13.2 Å². The van der Waals surface area contributed by atoms with Gasteiger partial charge in [0, 0.05) is 25.9 Å². The molecule has 0 bridgehead atoms. The molecular weight excluding hydrogens is 501 g/mol. The molecule has 0 saturated heterocycles. The molecular formula is C27H29F3N4O4. The van der Waals surface area contributed by atoms with E-state index in [4.69, 9.17) is 9.47 Å². The lowest BCUT2D eigenvalue weighted by Crippen LogP contribution is -2.28. The first kappa shape index (κ1) is 28.3. The van der Waals surface area contributed by atoms with Gasteiger partial charge in [0.05, 0.1) is 17.9 Å². The number of nitrogens with one attached hydrogen (secondary N) is 3. The molecule has 3 rings (SSSR count). The number of alkyl halides is 3. The molecule has 0 aliphatic heterocycles. The Morgan fingerprint density at radius 2 is 1.79 bits per heavy atom. The van der Waals surface area contributed by atoms with Gasteiger partial charge in [-0.25, -0.2) is 4.79 Å². The van der Waals surface area contributed by atoms with Crippen molar-refractivity contribution >= 4 is 17.6 Å². The molecule has 3 N–H and O–H groups in total. The molecule has 3 amide bonds. The van der Waals surface area contributed by atoms with Gasteiger partial charge in [-0.15, -0.1) is 0 Å². The minimum atomic E-state index is -4.56. The summed E-state index contributed by atoms with van der Waals surface area (Å²) in [4.78, 5) is 28.3. The summed E-state index contributed by atoms with van der Waals surface area (Å²) >= 11 is 0. The molecule has 1 aromatic heterocycles. The number of anilines is 1. The smallest absolute Gasteiger partial charge is 0.416 e. The number of carbonyl (C=O) groups excluding carboxylic acids is 2. The molecule has 38 heavy (non-hydrogen) atoms. The van der Waals surface area contributed by atoms with Crippen LogP contribution in [-0.2, 0) is 12.7 Å². The van der Waals surface area contributed by atoms with Crippen molar-refractivity contribution < 1.29 is 32.2 Å². The second kappa shape index (κ2) is 12.8. The van der Waals surface area contributed by atoms with E-state index in [1.54, 1.807) is 24.3 Å². The van der Waals surface area contributed by atoms with Crippen molar-refractivity contribution in [3.63, 3.8) is 0 Å². The van der Waals surface area contributed by atoms with Crippen molar-refractivity contribution in [2.24, 2.45) is 0 Å². The van der Waals surface area contributed by atoms with E-state index >= 15 is 0 Å². The van der Waals surface area contributed by atoms with Gasteiger partial charge in [0.15, 0.2) is 0 Å². The Bertz CT molecular complexity index is 1280. The number of rotatable bonds is 10. The van der Waals surface area contributed by atoms with E-state index < -0.39 is 17.8 Å². The molecule has 3 aromatic rings. The SMILES string of the molecule is CCCCOc1ccc(C(F)(F)F)cc1NC(=O)NCc1ccc(Oc2ccnc(C(=O)NC)c2)c(C)c1. The maximum Gasteiger partial charge on any atom is 0.416 e. The van der Waals surface area contributed by atoms with Crippen LogP contribution < -0.4 is 25.4 Å². The van der Waals surface area contributed by atoms with Gasteiger partial charge in [-0.05, 0) is 54.8 Å². The largest absolute Gasteiger partial charge is 0.491 e. The van der Waals surface area contributed by atoms with Gasteiger partial charge in [0.25, 0.3) is 5.91 Å². The number of halogens is 3. The van der Waals surface area contributed by atoms with Crippen LogP contribution in [0.2, 0.25) is 0 Å². The van der Waals surface area contributed by atoms with Crippen LogP contribution in [0.3, 0.4) is 0 Å². The average Bonchev–Trinajstić information content (AvgIpc) is 2.89. The fraction of sp³-hybridized carbons (Fsp3) is 0.296. The molecule has 0 aliphatic rings. The lowest BCUT2D eigenvalue weighted by Gasteiger charge is -2.16. The summed E-state index contributed by atoms with van der Waals surface area (Å²) in [7, 11) is 1.51. The van der Waals surface area contributed by atoms with Crippen molar-refractivity contribution in [1.82, 2.24) is 15.6 Å². The number of amides is 3. The van der Waals surface area contributed by atoms with Crippen LogP contribution in [0, 0.1) is 6.92 Å². The van der Waals surface area contributed by atoms with Crippen LogP contribution in [0.4, 0.5) is 23.7 Å². The lowest BCUT2D eigenvalue weighted by molar-refractivity contribution is -0.137. The number of ether oxygens (including phenoxy) is 2. The maximum atomic E-state index is 13.2. The van der Waals surface area contributed by atoms with Gasteiger partial charge < -0.3 is 25.4 Å². The topological polar surface area (TPSA) is 102 Å². The summed E-state index contributed by atoms with van der Waals surface area (Å²) in [6, 6.07) is 10.7. The van der Waals surface area contributed by atoms with Gasteiger partial charge in [-0.1, -0.05) is 25.5 Å². The number of benzene rings is 2. The van der Waals surface area contributed by atoms with E-state index in [1.807, 2.05) is 13.8 Å². The second-order valence-corrected chi connectivity index (χ2v) is 8.38. The number of carbonyl (C=O) groups is 2. The van der Waals surface area contributed by atoms with E-state index in [-0.39, 0.29) is 29.6 Å². The Balaban J connectivity index is 1.65. The molecule has 0 saturated carbocycles. The normalized spacial score (nSPS) is 11.0. The number of aryl methyl sites for hydroxylation is 1. The van der Waals surface area contributed by atoms with Crippen LogP contribution in [0.15, 0.2) is 54.7 Å². The highest BCUT2D eigenvalue weighted by Gasteiger charge is 2.31. The zero-order valence-electron chi connectivity index (χ0n) is 21.2. The number of unbranched alkanes of at least 4 members (excludes halogenated alkanes) is 1. The summed E-state index contributed by atoms with van der Waals surface area (Å²) < 4.78 is 51.0. The second-order valence-electron chi connectivity index (χ2n) is 8.38. The number of pyridine rings is 1. The maximum absolute atomic E-state index is 13.2. The predicted octanol–water partition coefficient (Wildman–Crippen LogP) is 6.06. The molecule has 0 aliphatic carbocycles. The molecule has 0 fully saturated rings. The van der Waals surface area contributed by atoms with E-state index in [0.717, 1.165) is 36.1 Å². The Hall–Kier alpha value is -4.28. The Labute approximate surface area is 218 Å². The van der Waals surface area contributed by atoms with Crippen LogP contribution >= 0.6 is 0 Å². The number of nitrogens with zero attached hydrogens (tertiary/aromatic N) is 1. The van der Waals surface area contributed by atoms with E-state index in [1.165, 1.54) is 25.4 Å². The summed E-state index contributed by atoms with van der Waals surface area (Å²) in [6.45, 7) is 4.22. The highest BCUT2D eigenvalue weighted by Crippen LogP contribution is 2.35. The van der Waals surface area contributed by atoms with Crippen LogP contribution in [0.1, 0.15) is 46.9 Å². The third-order valence-corrected chi connectivity index (χ3v) is 5.42. The fourth-order valence-electron chi connectivity index (χ4n) is 3.40. The van der Waals surface area contributed by atoms with Crippen molar-refractivity contribution in [1.29, 1.82) is 0 Å². The third-order valence-electron chi connectivity index (χ3n) is 5.42. The molecule has 0 unspecified atom stereocenters. The summed E-state index contributed by atoms with van der Waals surface area (Å²) in [5.41, 5.74) is 0.774. The highest BCUT2D eigenvalue weighted by molar-refractivity contribution is 5.92. The van der Waals surface area contributed by atoms with Crippen molar-refractivity contribution in [2.75, 3.05) is 19.0 Å². The Kier molecular flexibility index (Phi) is 9.53. The van der Waals surface area contributed by atoms with Crippen molar-refractivity contribution in [3.8, 4) is 17.2 Å². The molecule has 0 atom stereocenters. The first-order chi connectivity index (χ1) is 18.1. The van der Waals surface area contributed by atoms with Crippen LogP contribution in [0.25, 0.3) is 0 Å². The van der Waals surface area contributed by atoms with Gasteiger partial charge in [-0.3, -0.25) is 9.78 Å². The summed E-state index contributed by atoms with van der Waals surface area (Å²) in [5.74, 6) is 0.807. The number of aromatic nitrogens is 1. The zero-order valence-corrected chi connectivity index (χ0v) is 21.2. The molecule has 202 valence electrons. The third kappa shape index (κ3) is 7.86. The first-order valence-corrected chi connectivity index (χ1v) is 11.9. The Morgan fingerprint density at radius 1 is 1.03 bits per heavy atom. The lowest BCUT2D eigenvalue weighted by atomic mass is 10.1. The number of hydrogen-bond donors (Lipinski definition) is 3. The Morgan fingerprint density at radius 3 is 2.47 bits per heavy atom. The van der Waals surface area contributed by atoms with Crippen LogP contribution in [-0.4, -0.2) is 30.6 Å². The summed E-state index contributed by atoms with van der Waals surface area (Å²) in [6.07, 6.45) is -1.51. The fourth-order valence-corrected chi connectivity index (χ4v) is 3.40. The van der Waals surface area contributed by atoms with Crippen molar-refractivity contribution in [3.05, 3.63) is 77.1 Å². The van der Waals surface area contributed by atoms with Crippen LogP contribution in [0.5, 0.6) is 17.2 Å². The van der Waals surface area contributed by atoms with E-state index in [9.17, 15) is 22.8 Å². The molecule has 8 nitrogen and oxygen atoms in total. The van der Waals surface area contributed by atoms with Gasteiger partial charge in [0.1, 0.15) is 22.9 Å². The number of hydrogen-bond acceptors (Lipinski definition) is 5. The predicted molar refractivity (Wildman–Crippen MR) is 137 cm³/mol. The first-order valence-electron chi connectivity index (χ1n) is 11.9. The summed E-state index contributed by atoms with van der Waals surface area (Å²) in [5, 5.41) is 7.60.